The summed E-state index contributed by atoms with van der Waals surface area (Å²) >= 11 is 12.1. The molecular weight excluding hydrogens is 407 g/mol. The Hall–Kier alpha value is -3.00. The van der Waals surface area contributed by atoms with Crippen molar-refractivity contribution < 1.29 is 25.2 Å². The first-order valence-corrected chi connectivity index (χ1v) is 8.68. The van der Waals surface area contributed by atoms with Gasteiger partial charge in [-0.15, -0.1) is 0 Å². The molecule has 144 valence electrons. The molecule has 0 aromatic heterocycles. The van der Waals surface area contributed by atoms with E-state index >= 15 is 0 Å². The molecule has 28 heavy (non-hydrogen) atoms. The van der Waals surface area contributed by atoms with Crippen LogP contribution in [0.1, 0.15) is 0 Å². The van der Waals surface area contributed by atoms with Crippen molar-refractivity contribution in [2.45, 2.75) is 0 Å². The number of hydrogen-bond donors (Lipinski definition) is 5. The number of benzene rings is 2. The molecule has 0 atom stereocenters. The first kappa shape index (κ1) is 19.8. The fraction of sp³-hybridized carbons (Fsp3) is 0.0526. The molecule has 0 saturated heterocycles. The number of halogens is 2. The molecule has 2 aromatic rings. The monoisotopic (exact) mass is 420 g/mol. The van der Waals surface area contributed by atoms with Crippen molar-refractivity contribution in [2.75, 3.05) is 11.9 Å². The van der Waals surface area contributed by atoms with Gasteiger partial charge in [-0.1, -0.05) is 23.2 Å². The third-order valence-corrected chi connectivity index (χ3v) is 4.49. The van der Waals surface area contributed by atoms with E-state index in [1.807, 2.05) is 0 Å². The Labute approximate surface area is 169 Å². The summed E-state index contributed by atoms with van der Waals surface area (Å²) in [4.78, 5) is 16.6. The zero-order chi connectivity index (χ0) is 20.4. The largest absolute Gasteiger partial charge is 0.508 e. The van der Waals surface area contributed by atoms with Crippen molar-refractivity contribution in [1.82, 2.24) is 0 Å². The second-order valence-corrected chi connectivity index (χ2v) is 6.61. The predicted molar refractivity (Wildman–Crippen MR) is 107 cm³/mol. The number of aliphatic hydroxyl groups excluding tert-OH is 2. The van der Waals surface area contributed by atoms with Crippen LogP contribution >= 0.6 is 23.2 Å². The van der Waals surface area contributed by atoms with Gasteiger partial charge >= 0.3 is 0 Å². The number of nitrogens with zero attached hydrogens (tertiary/aromatic N) is 1. The van der Waals surface area contributed by atoms with Crippen LogP contribution in [0.4, 0.5) is 11.4 Å². The second kappa shape index (κ2) is 7.93. The smallest absolute Gasteiger partial charge is 0.208 e. The average molecular weight is 421 g/mol. The molecule has 0 fully saturated rings. The van der Waals surface area contributed by atoms with E-state index in [0.717, 1.165) is 6.08 Å². The van der Waals surface area contributed by atoms with E-state index in [4.69, 9.17) is 23.2 Å². The van der Waals surface area contributed by atoms with Crippen LogP contribution in [0.2, 0.25) is 10.0 Å². The van der Waals surface area contributed by atoms with Crippen molar-refractivity contribution >= 4 is 46.1 Å². The zero-order valence-corrected chi connectivity index (χ0v) is 15.7. The number of rotatable bonds is 4. The summed E-state index contributed by atoms with van der Waals surface area (Å²) in [6.07, 6.45) is 0.947. The van der Waals surface area contributed by atoms with Gasteiger partial charge in [0.2, 0.25) is 5.78 Å². The Morgan fingerprint density at radius 2 is 1.61 bits per heavy atom. The Morgan fingerprint density at radius 1 is 0.964 bits per heavy atom. The zero-order valence-electron chi connectivity index (χ0n) is 14.1. The first-order valence-electron chi connectivity index (χ1n) is 7.92. The highest BCUT2D eigenvalue weighted by Crippen LogP contribution is 2.33. The number of phenols is 2. The maximum Gasteiger partial charge on any atom is 0.208 e. The van der Waals surface area contributed by atoms with Gasteiger partial charge in [0.15, 0.2) is 0 Å². The minimum atomic E-state index is -0.631. The van der Waals surface area contributed by atoms with Crippen LogP contribution in [0.3, 0.4) is 0 Å². The number of phenolic OH excluding ortho intramolecular Hbond substituents is 2. The number of aliphatic hydroxyl groups is 2. The molecule has 0 radical (unpaired) electrons. The molecule has 0 aliphatic heterocycles. The molecule has 0 saturated carbocycles. The van der Waals surface area contributed by atoms with Crippen LogP contribution in [-0.4, -0.2) is 38.5 Å². The molecule has 0 spiro atoms. The molecule has 2 aromatic carbocycles. The summed E-state index contributed by atoms with van der Waals surface area (Å²) in [5, 5.41) is 42.1. The van der Waals surface area contributed by atoms with Gasteiger partial charge < -0.3 is 25.7 Å². The number of allylic oxidation sites excluding steroid dienone is 1. The van der Waals surface area contributed by atoms with Crippen LogP contribution in [0.5, 0.6) is 11.5 Å². The lowest BCUT2D eigenvalue weighted by atomic mass is 9.97. The number of carbonyl (C=O) groups excluding carboxylic acids is 1. The number of carbonyl (C=O) groups is 1. The Bertz CT molecular complexity index is 1060. The van der Waals surface area contributed by atoms with Crippen LogP contribution < -0.4 is 5.32 Å². The van der Waals surface area contributed by atoms with Gasteiger partial charge in [-0.25, -0.2) is 4.99 Å². The number of nitrogens with one attached hydrogen (secondary N) is 1. The van der Waals surface area contributed by atoms with Gasteiger partial charge in [-0.3, -0.25) is 4.79 Å². The molecular formula is C19H14Cl2N2O5. The maximum absolute atomic E-state index is 12.4. The Morgan fingerprint density at radius 3 is 2.21 bits per heavy atom. The van der Waals surface area contributed by atoms with Gasteiger partial charge in [-0.05, 0) is 24.3 Å². The third kappa shape index (κ3) is 3.96. The van der Waals surface area contributed by atoms with E-state index in [1.54, 1.807) is 0 Å². The number of anilines is 1. The van der Waals surface area contributed by atoms with E-state index in [2.05, 4.69) is 10.3 Å². The molecule has 1 aliphatic carbocycles. The van der Waals surface area contributed by atoms with E-state index < -0.39 is 18.1 Å². The lowest BCUT2D eigenvalue weighted by molar-refractivity contribution is -0.109. The van der Waals surface area contributed by atoms with Gasteiger partial charge in [0, 0.05) is 23.8 Å². The number of aromatic hydroxyl groups is 2. The van der Waals surface area contributed by atoms with Crippen molar-refractivity contribution in [3.63, 3.8) is 0 Å². The van der Waals surface area contributed by atoms with E-state index in [-0.39, 0.29) is 44.2 Å². The molecule has 9 heteroatoms. The lowest BCUT2D eigenvalue weighted by Gasteiger charge is -2.20. The quantitative estimate of drug-likeness (QED) is 0.378. The summed E-state index contributed by atoms with van der Waals surface area (Å²) in [5.41, 5.74) is 0.453. The van der Waals surface area contributed by atoms with E-state index in [1.165, 1.54) is 36.4 Å². The van der Waals surface area contributed by atoms with Gasteiger partial charge in [0.25, 0.3) is 0 Å². The molecule has 1 aliphatic rings. The molecule has 5 N–H and O–H groups in total. The van der Waals surface area contributed by atoms with Crippen LogP contribution in [0, 0.1) is 0 Å². The molecule has 0 amide bonds. The van der Waals surface area contributed by atoms with E-state index in [0.29, 0.717) is 5.69 Å². The minimum Gasteiger partial charge on any atom is -0.508 e. The average Bonchev–Trinajstić information content (AvgIpc) is 2.62. The lowest BCUT2D eigenvalue weighted by Crippen LogP contribution is -2.26. The molecule has 0 unspecified atom stereocenters. The second-order valence-electron chi connectivity index (χ2n) is 5.79. The summed E-state index contributed by atoms with van der Waals surface area (Å²) in [5.74, 6) is -1.15. The number of hydrogen-bond acceptors (Lipinski definition) is 7. The Kier molecular flexibility index (Phi) is 5.60. The van der Waals surface area contributed by atoms with Crippen molar-refractivity contribution in [3.05, 3.63) is 69.5 Å². The van der Waals surface area contributed by atoms with Gasteiger partial charge in [0.05, 0.1) is 33.7 Å². The summed E-state index contributed by atoms with van der Waals surface area (Å²) in [7, 11) is 0. The SMILES string of the molecule is O=C1C=C(O)C(Nc2ccc(O)cc2Cl)=C(CO)C1=Nc1ccc(O)cc1Cl. The summed E-state index contributed by atoms with van der Waals surface area (Å²) in [6.45, 7) is -0.615. The topological polar surface area (TPSA) is 122 Å². The Balaban J connectivity index is 2.10. The summed E-state index contributed by atoms with van der Waals surface area (Å²) in [6, 6.07) is 8.17. The molecule has 3 rings (SSSR count). The third-order valence-electron chi connectivity index (χ3n) is 3.88. The molecule has 7 nitrogen and oxygen atoms in total. The van der Waals surface area contributed by atoms with Crippen LogP contribution in [-0.2, 0) is 4.79 Å². The number of ketones is 1. The van der Waals surface area contributed by atoms with Crippen LogP contribution in [0.15, 0.2) is 64.5 Å². The summed E-state index contributed by atoms with van der Waals surface area (Å²) < 4.78 is 0. The van der Waals surface area contributed by atoms with Crippen molar-refractivity contribution in [2.24, 2.45) is 4.99 Å². The van der Waals surface area contributed by atoms with Gasteiger partial charge in [0.1, 0.15) is 23.0 Å². The van der Waals surface area contributed by atoms with Crippen molar-refractivity contribution in [3.8, 4) is 11.5 Å². The minimum absolute atomic E-state index is 0.0262. The normalized spacial score (nSPS) is 15.8. The highest BCUT2D eigenvalue weighted by atomic mass is 35.5. The fourth-order valence-corrected chi connectivity index (χ4v) is 2.99. The molecule has 0 heterocycles. The maximum atomic E-state index is 12.4. The number of aliphatic imine (C=N–C) groups is 1. The van der Waals surface area contributed by atoms with Gasteiger partial charge in [-0.2, -0.15) is 0 Å². The molecule has 0 bridgehead atoms. The van der Waals surface area contributed by atoms with Crippen LogP contribution in [0.25, 0.3) is 0 Å². The highest BCUT2D eigenvalue weighted by Gasteiger charge is 2.27. The highest BCUT2D eigenvalue weighted by molar-refractivity contribution is 6.51. The first-order chi connectivity index (χ1) is 13.3. The standard InChI is InChI=1S/C19H14Cl2N2O5/c20-12-5-9(25)1-3-14(12)22-18-11(8-24)19(17(28)7-16(18)27)23-15-4-2-10(26)6-13(15)21/h1-7,22,24-27H,8H2. The van der Waals surface area contributed by atoms with E-state index in [9.17, 15) is 25.2 Å². The predicted octanol–water partition coefficient (Wildman–Crippen LogP) is 3.86. The van der Waals surface area contributed by atoms with Crippen molar-refractivity contribution in [1.29, 1.82) is 0 Å². The fourth-order valence-electron chi connectivity index (χ4n) is 2.55.